The average molecular weight is 505 g/mol. The van der Waals surface area contributed by atoms with Crippen molar-refractivity contribution in [3.05, 3.63) is 88.7 Å². The van der Waals surface area contributed by atoms with Crippen molar-refractivity contribution in [2.45, 2.75) is 51.6 Å². The van der Waals surface area contributed by atoms with Gasteiger partial charge in [0.1, 0.15) is 0 Å². The molecule has 0 aromatic heterocycles. The van der Waals surface area contributed by atoms with E-state index in [1.807, 2.05) is 12.1 Å². The molecule has 0 radical (unpaired) electrons. The second-order valence-electron chi connectivity index (χ2n) is 9.30. The predicted octanol–water partition coefficient (Wildman–Crippen LogP) is 8.33. The minimum atomic E-state index is -1.49. The molecule has 1 fully saturated rings. The van der Waals surface area contributed by atoms with Crippen LogP contribution in [0.5, 0.6) is 5.75 Å². The Morgan fingerprint density at radius 1 is 0.806 bits per heavy atom. The van der Waals surface area contributed by atoms with Crippen molar-refractivity contribution in [1.29, 1.82) is 0 Å². The molecule has 1 aliphatic rings. The van der Waals surface area contributed by atoms with Crippen molar-refractivity contribution in [2.75, 3.05) is 13.2 Å². The van der Waals surface area contributed by atoms with E-state index in [0.29, 0.717) is 30.6 Å². The molecular formula is C29H29F5O2. The molecule has 192 valence electrons. The fourth-order valence-electron chi connectivity index (χ4n) is 4.49. The molecule has 36 heavy (non-hydrogen) atoms. The SMILES string of the molecule is CCCCCc1cc(F)c(OCC2CCC(c3ccc(-c4cc(F)c(F)c(F)c4)cc3)OC2)c(F)c1. The first-order valence-corrected chi connectivity index (χ1v) is 12.3. The van der Waals surface area contributed by atoms with Crippen LogP contribution < -0.4 is 4.74 Å². The van der Waals surface area contributed by atoms with Gasteiger partial charge in [-0.2, -0.15) is 0 Å². The lowest BCUT2D eigenvalue weighted by molar-refractivity contribution is -0.0291. The monoisotopic (exact) mass is 504 g/mol. The molecule has 1 heterocycles. The van der Waals surface area contributed by atoms with Gasteiger partial charge < -0.3 is 9.47 Å². The van der Waals surface area contributed by atoms with E-state index in [1.54, 1.807) is 12.1 Å². The molecule has 2 nitrogen and oxygen atoms in total. The van der Waals surface area contributed by atoms with Crippen LogP contribution in [0.3, 0.4) is 0 Å². The number of aryl methyl sites for hydroxylation is 1. The molecule has 1 aliphatic heterocycles. The Morgan fingerprint density at radius 3 is 2.06 bits per heavy atom. The Kier molecular flexibility index (Phi) is 8.62. The van der Waals surface area contributed by atoms with Gasteiger partial charge in [-0.1, -0.05) is 44.0 Å². The summed E-state index contributed by atoms with van der Waals surface area (Å²) in [6.07, 6.45) is 4.85. The second-order valence-corrected chi connectivity index (χ2v) is 9.30. The molecule has 3 aromatic rings. The Hall–Kier alpha value is -2.93. The highest BCUT2D eigenvalue weighted by atomic mass is 19.2. The fraction of sp³-hybridized carbons (Fsp3) is 0.379. The maximum atomic E-state index is 14.4. The highest BCUT2D eigenvalue weighted by molar-refractivity contribution is 5.64. The van der Waals surface area contributed by atoms with Crippen molar-refractivity contribution in [3.63, 3.8) is 0 Å². The highest BCUT2D eigenvalue weighted by Crippen LogP contribution is 2.33. The van der Waals surface area contributed by atoms with Gasteiger partial charge in [-0.25, -0.2) is 22.0 Å². The first-order valence-electron chi connectivity index (χ1n) is 12.3. The van der Waals surface area contributed by atoms with E-state index in [-0.39, 0.29) is 29.9 Å². The van der Waals surface area contributed by atoms with Crippen LogP contribution in [-0.4, -0.2) is 13.2 Å². The minimum absolute atomic E-state index is 0.00582. The van der Waals surface area contributed by atoms with Crippen molar-refractivity contribution >= 4 is 0 Å². The van der Waals surface area contributed by atoms with Crippen LogP contribution in [0.15, 0.2) is 48.5 Å². The molecule has 2 atom stereocenters. The minimum Gasteiger partial charge on any atom is -0.487 e. The summed E-state index contributed by atoms with van der Waals surface area (Å²) in [5.74, 6) is -5.68. The molecule has 0 N–H and O–H groups in total. The smallest absolute Gasteiger partial charge is 0.194 e. The van der Waals surface area contributed by atoms with E-state index < -0.39 is 29.1 Å². The maximum absolute atomic E-state index is 14.4. The maximum Gasteiger partial charge on any atom is 0.194 e. The summed E-state index contributed by atoms with van der Waals surface area (Å²) in [5.41, 5.74) is 2.33. The van der Waals surface area contributed by atoms with E-state index in [9.17, 15) is 22.0 Å². The quantitative estimate of drug-likeness (QED) is 0.166. The number of rotatable bonds is 9. The van der Waals surface area contributed by atoms with Gasteiger partial charge in [-0.3, -0.25) is 0 Å². The summed E-state index contributed by atoms with van der Waals surface area (Å²) < 4.78 is 80.6. The molecule has 0 spiro atoms. The van der Waals surface area contributed by atoms with E-state index in [0.717, 1.165) is 43.4 Å². The Morgan fingerprint density at radius 2 is 1.47 bits per heavy atom. The number of ether oxygens (including phenoxy) is 2. The largest absolute Gasteiger partial charge is 0.487 e. The third-order valence-electron chi connectivity index (χ3n) is 6.56. The Balaban J connectivity index is 1.30. The predicted molar refractivity (Wildman–Crippen MR) is 128 cm³/mol. The van der Waals surface area contributed by atoms with Gasteiger partial charge in [0.05, 0.1) is 19.3 Å². The number of hydrogen-bond acceptors (Lipinski definition) is 2. The van der Waals surface area contributed by atoms with Gasteiger partial charge in [-0.15, -0.1) is 0 Å². The second kappa shape index (κ2) is 11.9. The summed E-state index contributed by atoms with van der Waals surface area (Å²) >= 11 is 0. The molecule has 3 aromatic carbocycles. The van der Waals surface area contributed by atoms with Crippen molar-refractivity contribution in [1.82, 2.24) is 0 Å². The molecule has 7 heteroatoms. The zero-order valence-corrected chi connectivity index (χ0v) is 20.1. The van der Waals surface area contributed by atoms with Crippen molar-refractivity contribution in [2.24, 2.45) is 5.92 Å². The first kappa shape index (κ1) is 26.1. The molecule has 1 saturated heterocycles. The lowest BCUT2D eigenvalue weighted by Gasteiger charge is -2.29. The first-order chi connectivity index (χ1) is 17.4. The van der Waals surface area contributed by atoms with Crippen LogP contribution in [0.4, 0.5) is 22.0 Å². The Labute approximate surface area is 208 Å². The van der Waals surface area contributed by atoms with Crippen molar-refractivity contribution < 1.29 is 31.4 Å². The van der Waals surface area contributed by atoms with Gasteiger partial charge in [0.2, 0.25) is 0 Å². The van der Waals surface area contributed by atoms with Gasteiger partial charge in [0.15, 0.2) is 34.8 Å². The third kappa shape index (κ3) is 6.25. The third-order valence-corrected chi connectivity index (χ3v) is 6.56. The average Bonchev–Trinajstić information content (AvgIpc) is 2.87. The lowest BCUT2D eigenvalue weighted by Crippen LogP contribution is -2.25. The zero-order valence-electron chi connectivity index (χ0n) is 20.1. The van der Waals surface area contributed by atoms with Crippen LogP contribution in [0.2, 0.25) is 0 Å². The van der Waals surface area contributed by atoms with Crippen LogP contribution >= 0.6 is 0 Å². The number of benzene rings is 3. The standard InChI is InChI=1S/C29H29F5O2/c1-2-3-4-5-18-12-25(32)29(26(33)13-18)36-17-19-6-11-27(35-16-19)21-9-7-20(8-10-21)22-14-23(30)28(34)24(31)15-22/h7-10,12-15,19,27H,2-6,11,16-17H2,1H3. The lowest BCUT2D eigenvalue weighted by atomic mass is 9.94. The molecule has 0 aliphatic carbocycles. The molecule has 0 saturated carbocycles. The zero-order chi connectivity index (χ0) is 25.7. The summed E-state index contributed by atoms with van der Waals surface area (Å²) in [4.78, 5) is 0. The van der Waals surface area contributed by atoms with Gasteiger partial charge in [-0.05, 0) is 72.2 Å². The van der Waals surface area contributed by atoms with E-state index in [1.165, 1.54) is 12.1 Å². The Bertz CT molecular complexity index is 1120. The summed E-state index contributed by atoms with van der Waals surface area (Å²) in [6, 6.07) is 11.6. The molecular weight excluding hydrogens is 475 g/mol. The van der Waals surface area contributed by atoms with Crippen LogP contribution in [0, 0.1) is 35.0 Å². The van der Waals surface area contributed by atoms with Crippen LogP contribution in [0.25, 0.3) is 11.1 Å². The highest BCUT2D eigenvalue weighted by Gasteiger charge is 2.25. The van der Waals surface area contributed by atoms with Crippen molar-refractivity contribution in [3.8, 4) is 16.9 Å². The van der Waals surface area contributed by atoms with Gasteiger partial charge >= 0.3 is 0 Å². The summed E-state index contributed by atoms with van der Waals surface area (Å²) in [5, 5.41) is 0. The normalized spacial score (nSPS) is 17.8. The summed E-state index contributed by atoms with van der Waals surface area (Å²) in [7, 11) is 0. The van der Waals surface area contributed by atoms with E-state index in [2.05, 4.69) is 6.92 Å². The number of unbranched alkanes of at least 4 members (excludes halogenated alkanes) is 2. The molecule has 0 amide bonds. The number of halogens is 5. The van der Waals surface area contributed by atoms with E-state index in [4.69, 9.17) is 9.47 Å². The van der Waals surface area contributed by atoms with Crippen LogP contribution in [0.1, 0.15) is 56.3 Å². The fourth-order valence-corrected chi connectivity index (χ4v) is 4.49. The topological polar surface area (TPSA) is 18.5 Å². The van der Waals surface area contributed by atoms with Gasteiger partial charge in [0.25, 0.3) is 0 Å². The number of hydrogen-bond donors (Lipinski definition) is 0. The molecule has 0 bridgehead atoms. The van der Waals surface area contributed by atoms with Gasteiger partial charge in [0, 0.05) is 5.92 Å². The van der Waals surface area contributed by atoms with Crippen LogP contribution in [-0.2, 0) is 11.2 Å². The van der Waals surface area contributed by atoms with E-state index >= 15 is 0 Å². The molecule has 2 unspecified atom stereocenters. The summed E-state index contributed by atoms with van der Waals surface area (Å²) in [6.45, 7) is 2.60. The molecule has 4 rings (SSSR count).